The third-order valence-electron chi connectivity index (χ3n) is 4.38. The van der Waals surface area contributed by atoms with Crippen molar-refractivity contribution in [2.24, 2.45) is 0 Å². The number of benzene rings is 1. The van der Waals surface area contributed by atoms with E-state index >= 15 is 0 Å². The fourth-order valence-electron chi connectivity index (χ4n) is 2.53. The van der Waals surface area contributed by atoms with E-state index in [0.717, 1.165) is 15.5 Å². The lowest BCUT2D eigenvalue weighted by molar-refractivity contribution is 0.0815. The fraction of sp³-hybridized carbons (Fsp3) is 0.190. The van der Waals surface area contributed by atoms with E-state index < -0.39 is 0 Å². The SMILES string of the molecule is CC(Oc1ccc(Sc2ccc(Sc3ncn[nH]3)nc2C(=O)Nc2nccs2)cc1)N(C)C. The molecule has 0 aliphatic carbocycles. The van der Waals surface area contributed by atoms with Gasteiger partial charge in [0, 0.05) is 21.4 Å². The molecule has 170 valence electrons. The minimum absolute atomic E-state index is 0.0386. The summed E-state index contributed by atoms with van der Waals surface area (Å²) in [5.74, 6) is 0.450. The Kier molecular flexibility index (Phi) is 7.60. The van der Waals surface area contributed by atoms with E-state index in [1.54, 1.807) is 11.6 Å². The van der Waals surface area contributed by atoms with Crippen molar-refractivity contribution in [3.8, 4) is 5.75 Å². The van der Waals surface area contributed by atoms with Crippen LogP contribution in [0.15, 0.2) is 74.3 Å². The van der Waals surface area contributed by atoms with E-state index in [1.165, 1.54) is 41.2 Å². The minimum Gasteiger partial charge on any atom is -0.475 e. The van der Waals surface area contributed by atoms with Crippen LogP contribution in [0.2, 0.25) is 0 Å². The van der Waals surface area contributed by atoms with Crippen molar-refractivity contribution in [2.75, 3.05) is 19.4 Å². The van der Waals surface area contributed by atoms with Gasteiger partial charge in [0.25, 0.3) is 5.91 Å². The molecule has 0 saturated carbocycles. The highest BCUT2D eigenvalue weighted by molar-refractivity contribution is 7.99. The predicted octanol–water partition coefficient (Wildman–Crippen LogP) is 4.50. The Hall–Kier alpha value is -2.93. The fourth-order valence-corrected chi connectivity index (χ4v) is 4.62. The average Bonchev–Trinajstić information content (AvgIpc) is 3.50. The molecule has 1 atom stereocenters. The van der Waals surface area contributed by atoms with Gasteiger partial charge >= 0.3 is 0 Å². The van der Waals surface area contributed by atoms with Gasteiger partial charge in [0.05, 0.1) is 0 Å². The van der Waals surface area contributed by atoms with E-state index in [0.29, 0.717) is 21.0 Å². The number of nitrogens with zero attached hydrogens (tertiary/aromatic N) is 5. The normalized spacial score (nSPS) is 12.0. The first-order valence-electron chi connectivity index (χ1n) is 9.84. The van der Waals surface area contributed by atoms with Gasteiger partial charge in [-0.1, -0.05) is 11.8 Å². The van der Waals surface area contributed by atoms with Crippen LogP contribution in [-0.4, -0.2) is 56.3 Å². The van der Waals surface area contributed by atoms with E-state index in [-0.39, 0.29) is 12.1 Å². The van der Waals surface area contributed by atoms with E-state index in [2.05, 4.69) is 30.5 Å². The largest absolute Gasteiger partial charge is 0.475 e. The van der Waals surface area contributed by atoms with Crippen molar-refractivity contribution >= 4 is 45.9 Å². The van der Waals surface area contributed by atoms with Gasteiger partial charge in [0.15, 0.2) is 10.3 Å². The second kappa shape index (κ2) is 10.8. The molecular weight excluding hydrogens is 478 g/mol. The molecule has 0 aliphatic rings. The Morgan fingerprint density at radius 2 is 1.97 bits per heavy atom. The van der Waals surface area contributed by atoms with E-state index in [9.17, 15) is 4.79 Å². The smallest absolute Gasteiger partial charge is 0.277 e. The number of hydrogen-bond donors (Lipinski definition) is 2. The highest BCUT2D eigenvalue weighted by Crippen LogP contribution is 2.34. The summed E-state index contributed by atoms with van der Waals surface area (Å²) < 4.78 is 5.88. The lowest BCUT2D eigenvalue weighted by Crippen LogP contribution is -2.30. The molecule has 1 aromatic carbocycles. The number of amides is 1. The van der Waals surface area contributed by atoms with E-state index in [1.807, 2.05) is 62.3 Å². The van der Waals surface area contributed by atoms with Gasteiger partial charge in [-0.2, -0.15) is 5.10 Å². The number of hydrogen-bond acceptors (Lipinski definition) is 10. The number of ether oxygens (including phenoxy) is 1. The summed E-state index contributed by atoms with van der Waals surface area (Å²) in [5, 5.41) is 13.0. The number of nitrogens with one attached hydrogen (secondary N) is 2. The zero-order valence-electron chi connectivity index (χ0n) is 18.1. The van der Waals surface area contributed by atoms with Gasteiger partial charge in [-0.3, -0.25) is 20.1 Å². The third-order valence-corrected chi connectivity index (χ3v) is 6.95. The summed E-state index contributed by atoms with van der Waals surface area (Å²) in [5.41, 5.74) is 0.307. The van der Waals surface area contributed by atoms with Crippen LogP contribution in [0.25, 0.3) is 0 Å². The maximum Gasteiger partial charge on any atom is 0.277 e. The van der Waals surface area contributed by atoms with Crippen LogP contribution < -0.4 is 10.1 Å². The Balaban J connectivity index is 1.56. The first kappa shape index (κ1) is 23.2. The molecule has 0 bridgehead atoms. The molecule has 2 N–H and O–H groups in total. The van der Waals surface area contributed by atoms with Crippen LogP contribution in [0.3, 0.4) is 0 Å². The number of pyridine rings is 1. The lowest BCUT2D eigenvalue weighted by atomic mass is 10.3. The van der Waals surface area contributed by atoms with Gasteiger partial charge in [0.1, 0.15) is 29.0 Å². The molecule has 0 aliphatic heterocycles. The number of thiazole rings is 1. The number of aromatic amines is 1. The molecule has 12 heteroatoms. The van der Waals surface area contributed by atoms with Crippen molar-refractivity contribution in [1.29, 1.82) is 0 Å². The summed E-state index contributed by atoms with van der Waals surface area (Å²) in [6, 6.07) is 11.5. The van der Waals surface area contributed by atoms with Crippen molar-refractivity contribution in [3.05, 3.63) is 60.0 Å². The van der Waals surface area contributed by atoms with Crippen LogP contribution in [-0.2, 0) is 0 Å². The Labute approximate surface area is 203 Å². The molecule has 0 radical (unpaired) electrons. The summed E-state index contributed by atoms with van der Waals surface area (Å²) in [6.45, 7) is 1.99. The van der Waals surface area contributed by atoms with Crippen LogP contribution in [0.5, 0.6) is 5.75 Å². The monoisotopic (exact) mass is 499 g/mol. The lowest BCUT2D eigenvalue weighted by Gasteiger charge is -2.21. The van der Waals surface area contributed by atoms with Gasteiger partial charge < -0.3 is 4.74 Å². The molecule has 0 fully saturated rings. The number of H-pyrrole nitrogens is 1. The third kappa shape index (κ3) is 6.32. The molecule has 1 unspecified atom stereocenters. The number of carbonyl (C=O) groups is 1. The molecule has 4 rings (SSSR count). The molecule has 0 saturated heterocycles. The molecular formula is C21H21N7O2S3. The van der Waals surface area contributed by atoms with E-state index in [4.69, 9.17) is 4.74 Å². The Morgan fingerprint density at radius 1 is 1.15 bits per heavy atom. The second-order valence-electron chi connectivity index (χ2n) is 6.93. The molecule has 3 heterocycles. The molecule has 4 aromatic rings. The Morgan fingerprint density at radius 3 is 2.64 bits per heavy atom. The zero-order valence-corrected chi connectivity index (χ0v) is 20.5. The van der Waals surface area contributed by atoms with Crippen LogP contribution >= 0.6 is 34.9 Å². The van der Waals surface area contributed by atoms with Crippen molar-refractivity contribution < 1.29 is 9.53 Å². The maximum absolute atomic E-state index is 13.0. The van der Waals surface area contributed by atoms with Crippen molar-refractivity contribution in [1.82, 2.24) is 30.0 Å². The predicted molar refractivity (Wildman–Crippen MR) is 129 cm³/mol. The number of aromatic nitrogens is 5. The van der Waals surface area contributed by atoms with Crippen molar-refractivity contribution in [3.63, 3.8) is 0 Å². The molecule has 0 spiro atoms. The zero-order chi connectivity index (χ0) is 23.2. The standard InChI is InChI=1S/C21H21N7O2S3/c1-13(28(2)3)30-14-4-6-15(7-5-14)32-16-8-9-17(33-21-23-12-24-27-21)25-18(16)19(29)26-20-22-10-11-31-20/h4-13H,1-3H3,(H,22,26,29)(H,23,24,27). The maximum atomic E-state index is 13.0. The number of anilines is 1. The second-order valence-corrected chi connectivity index (χ2v) is 9.95. The van der Waals surface area contributed by atoms with Crippen LogP contribution in [0.4, 0.5) is 5.13 Å². The van der Waals surface area contributed by atoms with Gasteiger partial charge in [0.2, 0.25) is 0 Å². The average molecular weight is 500 g/mol. The quantitative estimate of drug-likeness (QED) is 0.322. The summed E-state index contributed by atoms with van der Waals surface area (Å²) >= 11 is 4.10. The van der Waals surface area contributed by atoms with Gasteiger partial charge in [-0.05, 0) is 69.2 Å². The summed E-state index contributed by atoms with van der Waals surface area (Å²) in [7, 11) is 3.93. The Bertz CT molecular complexity index is 1180. The van der Waals surface area contributed by atoms with Crippen LogP contribution in [0, 0.1) is 0 Å². The van der Waals surface area contributed by atoms with Gasteiger partial charge in [-0.15, -0.1) is 11.3 Å². The first-order valence-corrected chi connectivity index (χ1v) is 12.4. The summed E-state index contributed by atoms with van der Waals surface area (Å²) in [6.07, 6.45) is 3.03. The van der Waals surface area contributed by atoms with Crippen molar-refractivity contribution in [2.45, 2.75) is 33.1 Å². The topological polar surface area (TPSA) is 109 Å². The van der Waals surface area contributed by atoms with Gasteiger partial charge in [-0.25, -0.2) is 15.0 Å². The highest BCUT2D eigenvalue weighted by atomic mass is 32.2. The molecule has 9 nitrogen and oxygen atoms in total. The molecule has 1 amide bonds. The number of carbonyl (C=O) groups excluding carboxylic acids is 1. The minimum atomic E-state index is -0.327. The molecule has 33 heavy (non-hydrogen) atoms. The highest BCUT2D eigenvalue weighted by Gasteiger charge is 2.18. The van der Waals surface area contributed by atoms with Crippen LogP contribution in [0.1, 0.15) is 17.4 Å². The first-order chi connectivity index (χ1) is 16.0. The summed E-state index contributed by atoms with van der Waals surface area (Å²) in [4.78, 5) is 29.5. The molecule has 3 aromatic heterocycles. The number of rotatable bonds is 9.